The number of sulfone groups is 1. The minimum Gasteiger partial charge on any atom is -0.456 e. The van der Waals surface area contributed by atoms with E-state index in [0.29, 0.717) is 5.69 Å². The van der Waals surface area contributed by atoms with Gasteiger partial charge < -0.3 is 9.14 Å². The Morgan fingerprint density at radius 1 is 1.03 bits per heavy atom. The van der Waals surface area contributed by atoms with Gasteiger partial charge in [-0.2, -0.15) is 0 Å². The molecule has 31 heavy (non-hydrogen) atoms. The van der Waals surface area contributed by atoms with Crippen LogP contribution in [0.1, 0.15) is 37.5 Å². The van der Waals surface area contributed by atoms with Gasteiger partial charge in [-0.25, -0.2) is 18.2 Å². The second-order valence-corrected chi connectivity index (χ2v) is 9.16. The van der Waals surface area contributed by atoms with Crippen molar-refractivity contribution in [2.24, 2.45) is 0 Å². The number of rotatable bonds is 3. The zero-order valence-corrected chi connectivity index (χ0v) is 17.2. The van der Waals surface area contributed by atoms with E-state index in [1.807, 2.05) is 29.7 Å². The lowest BCUT2D eigenvalue weighted by Gasteiger charge is -2.19. The standard InChI is InChI=1S/C23H16N2O5S/c1-14-5-4-10-25-12-16(24-22(14)25)13-30-23(27)15-8-9-18-20(11-15)31(28,29)19-7-3-2-6-17(19)21(18)26/h2-12H,13H2,1H3. The van der Waals surface area contributed by atoms with Crippen LogP contribution in [-0.2, 0) is 21.2 Å². The quantitative estimate of drug-likeness (QED) is 0.406. The number of nitrogens with zero attached hydrogens (tertiary/aromatic N) is 2. The van der Waals surface area contributed by atoms with Gasteiger partial charge in [0.1, 0.15) is 12.3 Å². The molecule has 0 saturated heterocycles. The number of hydrogen-bond acceptors (Lipinski definition) is 6. The zero-order chi connectivity index (χ0) is 21.8. The molecule has 3 heterocycles. The van der Waals surface area contributed by atoms with Gasteiger partial charge >= 0.3 is 5.97 Å². The smallest absolute Gasteiger partial charge is 0.338 e. The number of aryl methyl sites for hydroxylation is 1. The molecule has 0 unspecified atom stereocenters. The van der Waals surface area contributed by atoms with E-state index in [-0.39, 0.29) is 38.9 Å². The van der Waals surface area contributed by atoms with Crippen LogP contribution in [0.25, 0.3) is 5.65 Å². The van der Waals surface area contributed by atoms with Gasteiger partial charge in [0.2, 0.25) is 9.84 Å². The SMILES string of the molecule is Cc1cccn2cc(COC(=O)c3ccc4c(c3)S(=O)(=O)c3ccccc3C4=O)nc12. The second kappa shape index (κ2) is 6.88. The first-order valence-corrected chi connectivity index (χ1v) is 11.0. The topological polar surface area (TPSA) is 94.8 Å². The van der Waals surface area contributed by atoms with Crippen molar-refractivity contribution in [1.29, 1.82) is 0 Å². The van der Waals surface area contributed by atoms with Crippen molar-refractivity contribution in [3.05, 3.63) is 94.9 Å². The Morgan fingerprint density at radius 2 is 1.81 bits per heavy atom. The normalized spacial score (nSPS) is 14.2. The van der Waals surface area contributed by atoms with E-state index in [4.69, 9.17) is 4.74 Å². The highest BCUT2D eigenvalue weighted by Crippen LogP contribution is 2.34. The van der Waals surface area contributed by atoms with Gasteiger partial charge in [0.15, 0.2) is 5.78 Å². The van der Waals surface area contributed by atoms with E-state index in [0.717, 1.165) is 11.2 Å². The molecule has 0 radical (unpaired) electrons. The summed E-state index contributed by atoms with van der Waals surface area (Å²) in [5.41, 5.74) is 2.56. The molecule has 0 amide bonds. The number of ether oxygens (including phenoxy) is 1. The van der Waals surface area contributed by atoms with Crippen LogP contribution in [0.5, 0.6) is 0 Å². The summed E-state index contributed by atoms with van der Waals surface area (Å²) in [6.07, 6.45) is 3.62. The number of hydrogen-bond donors (Lipinski definition) is 0. The van der Waals surface area contributed by atoms with Crippen LogP contribution in [0.15, 0.2) is 76.8 Å². The van der Waals surface area contributed by atoms with Gasteiger partial charge in [-0.1, -0.05) is 18.2 Å². The minimum absolute atomic E-state index is 0.0473. The van der Waals surface area contributed by atoms with Gasteiger partial charge in [0.05, 0.1) is 21.0 Å². The molecule has 0 bridgehead atoms. The second-order valence-electron chi connectivity index (χ2n) is 7.27. The summed E-state index contributed by atoms with van der Waals surface area (Å²) in [6.45, 7) is 1.87. The summed E-state index contributed by atoms with van der Waals surface area (Å²) in [4.78, 5) is 29.5. The number of pyridine rings is 1. The van der Waals surface area contributed by atoms with Gasteiger partial charge in [-0.05, 0) is 48.9 Å². The first-order chi connectivity index (χ1) is 14.9. The summed E-state index contributed by atoms with van der Waals surface area (Å²) in [6, 6.07) is 13.8. The van der Waals surface area contributed by atoms with Gasteiger partial charge in [-0.15, -0.1) is 0 Å². The fraction of sp³-hybridized carbons (Fsp3) is 0.0870. The van der Waals surface area contributed by atoms with E-state index in [1.54, 1.807) is 18.3 Å². The molecule has 2 aromatic heterocycles. The van der Waals surface area contributed by atoms with Crippen molar-refractivity contribution in [3.63, 3.8) is 0 Å². The predicted octanol–water partition coefficient (Wildman–Crippen LogP) is 3.38. The maximum atomic E-state index is 13.0. The molecule has 0 saturated carbocycles. The van der Waals surface area contributed by atoms with Crippen LogP contribution in [-0.4, -0.2) is 29.6 Å². The molecule has 2 aromatic carbocycles. The van der Waals surface area contributed by atoms with Crippen LogP contribution >= 0.6 is 0 Å². The highest BCUT2D eigenvalue weighted by molar-refractivity contribution is 7.91. The number of imidazole rings is 1. The lowest BCUT2D eigenvalue weighted by molar-refractivity contribution is 0.0467. The van der Waals surface area contributed by atoms with E-state index < -0.39 is 15.8 Å². The van der Waals surface area contributed by atoms with Gasteiger partial charge in [0.25, 0.3) is 0 Å². The fourth-order valence-corrected chi connectivity index (χ4v) is 5.39. The molecule has 0 atom stereocenters. The Balaban J connectivity index is 1.44. The summed E-state index contributed by atoms with van der Waals surface area (Å²) < 4.78 is 33.2. The van der Waals surface area contributed by atoms with Gasteiger partial charge in [-0.3, -0.25) is 4.79 Å². The molecule has 7 nitrogen and oxygen atoms in total. The van der Waals surface area contributed by atoms with E-state index in [9.17, 15) is 18.0 Å². The zero-order valence-electron chi connectivity index (χ0n) is 16.4. The molecule has 154 valence electrons. The molecule has 0 spiro atoms. The average molecular weight is 432 g/mol. The Labute approximate surface area is 177 Å². The Hall–Kier alpha value is -3.78. The molecule has 1 aliphatic heterocycles. The van der Waals surface area contributed by atoms with Gasteiger partial charge in [0, 0.05) is 23.5 Å². The van der Waals surface area contributed by atoms with Crippen LogP contribution in [0.4, 0.5) is 0 Å². The molecule has 0 aliphatic carbocycles. The minimum atomic E-state index is -3.92. The number of esters is 1. The summed E-state index contributed by atoms with van der Waals surface area (Å²) in [7, 11) is -3.92. The van der Waals surface area contributed by atoms with Crippen molar-refractivity contribution >= 4 is 27.2 Å². The van der Waals surface area contributed by atoms with Crippen LogP contribution < -0.4 is 0 Å². The van der Waals surface area contributed by atoms with Crippen molar-refractivity contribution in [1.82, 2.24) is 9.38 Å². The highest BCUT2D eigenvalue weighted by atomic mass is 32.2. The summed E-state index contributed by atoms with van der Waals surface area (Å²) in [5, 5.41) is 0. The van der Waals surface area contributed by atoms with E-state index in [1.165, 1.54) is 30.3 Å². The Bertz CT molecular complexity index is 1500. The fourth-order valence-electron chi connectivity index (χ4n) is 3.71. The Kier molecular flexibility index (Phi) is 4.26. The highest BCUT2D eigenvalue weighted by Gasteiger charge is 2.35. The number of ketones is 1. The third-order valence-corrected chi connectivity index (χ3v) is 7.10. The number of benzene rings is 2. The van der Waals surface area contributed by atoms with E-state index >= 15 is 0 Å². The summed E-state index contributed by atoms with van der Waals surface area (Å²) >= 11 is 0. The predicted molar refractivity (Wildman–Crippen MR) is 111 cm³/mol. The monoisotopic (exact) mass is 432 g/mol. The van der Waals surface area contributed by atoms with Crippen LogP contribution in [0, 0.1) is 6.92 Å². The molecule has 1 aliphatic rings. The first kappa shape index (κ1) is 19.2. The molecular formula is C23H16N2O5S. The van der Waals surface area contributed by atoms with E-state index in [2.05, 4.69) is 4.98 Å². The largest absolute Gasteiger partial charge is 0.456 e. The first-order valence-electron chi connectivity index (χ1n) is 9.49. The van der Waals surface area contributed by atoms with Crippen LogP contribution in [0.2, 0.25) is 0 Å². The van der Waals surface area contributed by atoms with Crippen molar-refractivity contribution < 1.29 is 22.7 Å². The molecule has 4 aromatic rings. The third-order valence-electron chi connectivity index (χ3n) is 5.25. The maximum Gasteiger partial charge on any atom is 0.338 e. The molecule has 5 rings (SSSR count). The van der Waals surface area contributed by atoms with Crippen molar-refractivity contribution in [2.75, 3.05) is 0 Å². The lowest BCUT2D eigenvalue weighted by atomic mass is 10.0. The number of carbonyl (C=O) groups excluding carboxylic acids is 2. The average Bonchev–Trinajstić information content (AvgIpc) is 3.20. The van der Waals surface area contributed by atoms with Crippen LogP contribution in [0.3, 0.4) is 0 Å². The third kappa shape index (κ3) is 3.03. The van der Waals surface area contributed by atoms with Crippen molar-refractivity contribution in [3.8, 4) is 0 Å². The molecule has 0 fully saturated rings. The number of fused-ring (bicyclic) bond motifs is 3. The summed E-state index contributed by atoms with van der Waals surface area (Å²) in [5.74, 6) is -1.08. The molecular weight excluding hydrogens is 416 g/mol. The molecule has 8 heteroatoms. The van der Waals surface area contributed by atoms with Crippen molar-refractivity contribution in [2.45, 2.75) is 23.3 Å². The number of carbonyl (C=O) groups is 2. The maximum absolute atomic E-state index is 13.0. The number of aromatic nitrogens is 2. The molecule has 0 N–H and O–H groups in total. The Morgan fingerprint density at radius 3 is 2.61 bits per heavy atom. The lowest BCUT2D eigenvalue weighted by Crippen LogP contribution is -2.21.